The number of hydrogen-bond donors (Lipinski definition) is 0. The molecule has 0 saturated carbocycles. The summed E-state index contributed by atoms with van der Waals surface area (Å²) >= 11 is 3.31. The first-order chi connectivity index (χ1) is 11.2. The van der Waals surface area contributed by atoms with Crippen LogP contribution in [0.4, 0.5) is 0 Å². The van der Waals surface area contributed by atoms with Crippen molar-refractivity contribution in [2.45, 2.75) is 39.0 Å². The number of fused-ring (bicyclic) bond motifs is 3. The van der Waals surface area contributed by atoms with Crippen LogP contribution in [0, 0.1) is 6.92 Å². The maximum Gasteiger partial charge on any atom is 0.283 e. The molecule has 4 nitrogen and oxygen atoms in total. The Hall–Kier alpha value is -1.79. The molecule has 0 atom stereocenters. The second-order valence-electron chi connectivity index (χ2n) is 5.82. The van der Waals surface area contributed by atoms with Crippen LogP contribution in [0.3, 0.4) is 0 Å². The smallest absolute Gasteiger partial charge is 0.267 e. The summed E-state index contributed by atoms with van der Waals surface area (Å²) in [6.45, 7) is 1.84. The zero-order valence-corrected chi connectivity index (χ0v) is 14.5. The van der Waals surface area contributed by atoms with Crippen molar-refractivity contribution < 1.29 is 0 Å². The van der Waals surface area contributed by atoms with Gasteiger partial charge in [-0.25, -0.2) is 4.98 Å². The maximum atomic E-state index is 13.0. The number of rotatable bonds is 2. The van der Waals surface area contributed by atoms with Gasteiger partial charge in [-0.3, -0.25) is 4.79 Å². The summed E-state index contributed by atoms with van der Waals surface area (Å²) in [4.78, 5) is 19.8. The van der Waals surface area contributed by atoms with Crippen LogP contribution < -0.4 is 5.56 Å². The van der Waals surface area contributed by atoms with Crippen LogP contribution in [0.25, 0.3) is 10.2 Å². The molecule has 0 fully saturated rings. The van der Waals surface area contributed by atoms with Gasteiger partial charge >= 0.3 is 0 Å². The lowest BCUT2D eigenvalue weighted by Gasteiger charge is -2.04. The Bertz CT molecular complexity index is 935. The quantitative estimate of drug-likeness (QED) is 0.522. The van der Waals surface area contributed by atoms with Crippen LogP contribution in [0.15, 0.2) is 26.7 Å². The monoisotopic (exact) mass is 343 g/mol. The van der Waals surface area contributed by atoms with Crippen molar-refractivity contribution in [1.29, 1.82) is 0 Å². The van der Waals surface area contributed by atoms with Crippen molar-refractivity contribution in [3.8, 4) is 0 Å². The molecule has 3 heterocycles. The van der Waals surface area contributed by atoms with Gasteiger partial charge < -0.3 is 0 Å². The van der Waals surface area contributed by atoms with Crippen LogP contribution in [-0.2, 0) is 12.8 Å². The second kappa shape index (κ2) is 6.02. The molecule has 4 rings (SSSR count). The molecule has 0 bridgehead atoms. The number of hydrogen-bond acceptors (Lipinski definition) is 5. The lowest BCUT2D eigenvalue weighted by Crippen LogP contribution is -2.20. The predicted molar refractivity (Wildman–Crippen MR) is 97.2 cm³/mol. The van der Waals surface area contributed by atoms with Gasteiger partial charge in [0.05, 0.1) is 11.6 Å². The summed E-state index contributed by atoms with van der Waals surface area (Å²) in [7, 11) is 0. The minimum atomic E-state index is -0.0293. The Morgan fingerprint density at radius 2 is 2.17 bits per heavy atom. The predicted octanol–water partition coefficient (Wildman–Crippen LogP) is 3.98. The van der Waals surface area contributed by atoms with E-state index in [-0.39, 0.29) is 5.56 Å². The third kappa shape index (κ3) is 2.66. The van der Waals surface area contributed by atoms with Gasteiger partial charge in [-0.1, -0.05) is 6.42 Å². The zero-order valence-electron chi connectivity index (χ0n) is 12.9. The molecule has 0 saturated heterocycles. The minimum absolute atomic E-state index is 0.0293. The summed E-state index contributed by atoms with van der Waals surface area (Å²) in [6.07, 6.45) is 7.40. The van der Waals surface area contributed by atoms with Crippen molar-refractivity contribution in [3.63, 3.8) is 0 Å². The molecule has 23 heavy (non-hydrogen) atoms. The maximum absolute atomic E-state index is 13.0. The van der Waals surface area contributed by atoms with Crippen LogP contribution in [-0.4, -0.2) is 15.9 Å². The first-order valence-electron chi connectivity index (χ1n) is 7.84. The topological polar surface area (TPSA) is 47.2 Å². The van der Waals surface area contributed by atoms with Gasteiger partial charge in [0.15, 0.2) is 0 Å². The molecule has 0 amide bonds. The van der Waals surface area contributed by atoms with Gasteiger partial charge in [0.25, 0.3) is 5.56 Å². The highest BCUT2D eigenvalue weighted by molar-refractivity contribution is 7.18. The van der Waals surface area contributed by atoms with Crippen LogP contribution in [0.2, 0.25) is 0 Å². The van der Waals surface area contributed by atoms with Crippen molar-refractivity contribution in [3.05, 3.63) is 49.0 Å². The molecule has 6 heteroatoms. The molecule has 3 aromatic rings. The van der Waals surface area contributed by atoms with E-state index in [9.17, 15) is 4.79 Å². The first kappa shape index (κ1) is 14.8. The van der Waals surface area contributed by atoms with Crippen LogP contribution >= 0.6 is 22.7 Å². The highest BCUT2D eigenvalue weighted by Gasteiger charge is 2.20. The highest BCUT2D eigenvalue weighted by atomic mass is 32.1. The number of thiophene rings is 2. The Labute approximate surface area is 142 Å². The first-order valence-corrected chi connectivity index (χ1v) is 9.60. The third-order valence-electron chi connectivity index (χ3n) is 4.24. The van der Waals surface area contributed by atoms with Crippen molar-refractivity contribution >= 4 is 39.1 Å². The summed E-state index contributed by atoms with van der Waals surface area (Å²) in [6, 6.07) is 1.98. The van der Waals surface area contributed by atoms with Crippen LogP contribution in [0.1, 0.15) is 41.1 Å². The largest absolute Gasteiger partial charge is 0.283 e. The van der Waals surface area contributed by atoms with E-state index in [2.05, 4.69) is 10.1 Å². The average molecular weight is 343 g/mol. The molecular formula is C17H17N3OS2. The Kier molecular flexibility index (Phi) is 3.87. The molecule has 3 aromatic heterocycles. The highest BCUT2D eigenvalue weighted by Crippen LogP contribution is 2.33. The fraction of sp³-hybridized carbons (Fsp3) is 0.353. The molecule has 0 N–H and O–H groups in total. The van der Waals surface area contributed by atoms with Gasteiger partial charge in [-0.05, 0) is 55.0 Å². The zero-order chi connectivity index (χ0) is 15.8. The van der Waals surface area contributed by atoms with Gasteiger partial charge in [0.1, 0.15) is 10.7 Å². The van der Waals surface area contributed by atoms with E-state index >= 15 is 0 Å². The van der Waals surface area contributed by atoms with E-state index in [4.69, 9.17) is 0 Å². The third-order valence-corrected chi connectivity index (χ3v) is 6.13. The molecule has 1 aliphatic carbocycles. The van der Waals surface area contributed by atoms with E-state index in [1.165, 1.54) is 28.0 Å². The number of aryl methyl sites for hydroxylation is 3. The molecular weight excluding hydrogens is 326 g/mol. The van der Waals surface area contributed by atoms with Gasteiger partial charge in [-0.15, -0.1) is 11.3 Å². The lowest BCUT2D eigenvalue weighted by atomic mass is 10.1. The summed E-state index contributed by atoms with van der Waals surface area (Å²) in [5.41, 5.74) is 2.20. The van der Waals surface area contributed by atoms with E-state index in [0.717, 1.165) is 35.0 Å². The minimum Gasteiger partial charge on any atom is -0.267 e. The fourth-order valence-electron chi connectivity index (χ4n) is 3.08. The van der Waals surface area contributed by atoms with Crippen molar-refractivity contribution in [2.24, 2.45) is 5.10 Å². The Morgan fingerprint density at radius 1 is 1.30 bits per heavy atom. The van der Waals surface area contributed by atoms with Gasteiger partial charge in [-0.2, -0.15) is 21.1 Å². The number of nitrogens with zero attached hydrogens (tertiary/aromatic N) is 3. The summed E-state index contributed by atoms with van der Waals surface area (Å²) in [5.74, 6) is 0.644. The molecule has 1 aliphatic rings. The van der Waals surface area contributed by atoms with E-state index < -0.39 is 0 Å². The summed E-state index contributed by atoms with van der Waals surface area (Å²) < 4.78 is 1.44. The Morgan fingerprint density at radius 3 is 3.00 bits per heavy atom. The molecule has 0 spiro atoms. The van der Waals surface area contributed by atoms with Crippen molar-refractivity contribution in [2.75, 3.05) is 0 Å². The van der Waals surface area contributed by atoms with Gasteiger partial charge in [0.2, 0.25) is 0 Å². The molecule has 118 valence electrons. The van der Waals surface area contributed by atoms with E-state index in [0.29, 0.717) is 5.82 Å². The average Bonchev–Trinajstić information content (AvgIpc) is 3.10. The van der Waals surface area contributed by atoms with Gasteiger partial charge in [0, 0.05) is 10.4 Å². The molecule has 0 aliphatic heterocycles. The van der Waals surface area contributed by atoms with E-state index in [1.807, 2.05) is 23.8 Å². The SMILES string of the molecule is Cc1nc2sc3c(c2c(=O)n1N=Cc1ccsc1)CCCCC3. The second-order valence-corrected chi connectivity index (χ2v) is 7.69. The molecule has 0 aromatic carbocycles. The number of aromatic nitrogens is 2. The van der Waals surface area contributed by atoms with Crippen LogP contribution in [0.5, 0.6) is 0 Å². The molecule has 0 radical (unpaired) electrons. The molecule has 0 unspecified atom stereocenters. The summed E-state index contributed by atoms with van der Waals surface area (Å²) in [5, 5.41) is 9.17. The Balaban J connectivity index is 1.88. The fourth-order valence-corrected chi connectivity index (χ4v) is 4.99. The van der Waals surface area contributed by atoms with E-state index in [1.54, 1.807) is 28.9 Å². The van der Waals surface area contributed by atoms with Crippen molar-refractivity contribution in [1.82, 2.24) is 9.66 Å². The lowest BCUT2D eigenvalue weighted by molar-refractivity contribution is 0.712. The standard InChI is InChI=1S/C17H17N3OS2/c1-11-19-16-15(13-5-3-2-4-6-14(13)23-16)17(21)20(11)18-9-12-7-8-22-10-12/h7-10H,2-6H2,1H3. The normalized spacial score (nSPS) is 15.2.